The van der Waals surface area contributed by atoms with Crippen LogP contribution in [0, 0.1) is 5.92 Å². The number of cyclic esters (lactones) is 1. The summed E-state index contributed by atoms with van der Waals surface area (Å²) >= 11 is 0. The number of pyridine rings is 2. The van der Waals surface area contributed by atoms with Crippen LogP contribution in [0.3, 0.4) is 0 Å². The molecular weight excluding hydrogens is 682 g/mol. The lowest BCUT2D eigenvalue weighted by Gasteiger charge is -2.31. The number of nitrogens with zero attached hydrogens (tertiary/aromatic N) is 2. The van der Waals surface area contributed by atoms with Crippen molar-refractivity contribution in [1.82, 2.24) is 20.2 Å². The summed E-state index contributed by atoms with van der Waals surface area (Å²) in [6, 6.07) is 5.69. The number of amides is 3. The molecule has 2 aliphatic rings. The molecular formula is C39H49N5O9. The van der Waals surface area contributed by atoms with Crippen LogP contribution in [0.5, 0.6) is 5.75 Å². The number of aliphatic hydroxyl groups is 1. The molecule has 5 rings (SSSR count). The second-order valence-electron chi connectivity index (χ2n) is 13.9. The average molecular weight is 732 g/mol. The van der Waals surface area contributed by atoms with Gasteiger partial charge in [-0.2, -0.15) is 0 Å². The van der Waals surface area contributed by atoms with Crippen LogP contribution in [0.25, 0.3) is 22.3 Å². The van der Waals surface area contributed by atoms with Crippen LogP contribution in [-0.4, -0.2) is 56.9 Å². The topological polar surface area (TPSA) is 209 Å². The van der Waals surface area contributed by atoms with Crippen molar-refractivity contribution in [2.24, 2.45) is 11.7 Å². The summed E-state index contributed by atoms with van der Waals surface area (Å²) in [5, 5.41) is 17.2. The monoisotopic (exact) mass is 731 g/mol. The number of esters is 2. The maximum atomic E-state index is 13.6. The maximum Gasteiger partial charge on any atom is 0.343 e. The fraction of sp³-hybridized carbons (Fsp3) is 0.513. The predicted octanol–water partition coefficient (Wildman–Crippen LogP) is 3.41. The molecule has 0 bridgehead atoms. The first-order valence-corrected chi connectivity index (χ1v) is 18.5. The van der Waals surface area contributed by atoms with Crippen LogP contribution in [0.4, 0.5) is 0 Å². The highest BCUT2D eigenvalue weighted by Crippen LogP contribution is 2.40. The molecule has 284 valence electrons. The molecule has 3 aromatic rings. The molecule has 0 saturated carbocycles. The van der Waals surface area contributed by atoms with Crippen molar-refractivity contribution in [2.45, 2.75) is 117 Å². The number of aromatic nitrogens is 2. The Morgan fingerprint density at radius 1 is 1.08 bits per heavy atom. The van der Waals surface area contributed by atoms with Gasteiger partial charge in [-0.25, -0.2) is 9.78 Å². The van der Waals surface area contributed by atoms with Gasteiger partial charge in [0.2, 0.25) is 17.7 Å². The molecule has 0 saturated heterocycles. The minimum Gasteiger partial charge on any atom is -0.458 e. The highest BCUT2D eigenvalue weighted by atomic mass is 16.6. The van der Waals surface area contributed by atoms with Crippen molar-refractivity contribution < 1.29 is 38.6 Å². The number of hydrogen-bond acceptors (Lipinski definition) is 10. The zero-order valence-corrected chi connectivity index (χ0v) is 30.8. The summed E-state index contributed by atoms with van der Waals surface area (Å²) in [4.78, 5) is 81.0. The summed E-state index contributed by atoms with van der Waals surface area (Å²) in [5.41, 5.74) is 7.03. The number of aryl methyl sites for hydroxylation is 1. The SMILES string of the molecule is CCCCCCCC(=O)N[C@H](CC(N)=O)C(=O)NCC[C@@H](C)C(=O)Oc1ccc2nc3c(c(CC)c2c1)Cn1c-3cc2c(c1=O)COC(=O)[C@]2(O)CC. The lowest BCUT2D eigenvalue weighted by Crippen LogP contribution is -2.49. The molecule has 0 fully saturated rings. The summed E-state index contributed by atoms with van der Waals surface area (Å²) in [7, 11) is 0. The van der Waals surface area contributed by atoms with Crippen LogP contribution in [-0.2, 0) is 53.9 Å². The number of hydrogen-bond donors (Lipinski definition) is 4. The molecule has 0 spiro atoms. The van der Waals surface area contributed by atoms with E-state index in [2.05, 4.69) is 17.6 Å². The van der Waals surface area contributed by atoms with Crippen molar-refractivity contribution in [2.75, 3.05) is 6.54 Å². The number of carbonyl (C=O) groups is 5. The lowest BCUT2D eigenvalue weighted by molar-refractivity contribution is -0.172. The summed E-state index contributed by atoms with van der Waals surface area (Å²) < 4.78 is 12.5. The van der Waals surface area contributed by atoms with Crippen molar-refractivity contribution in [3.8, 4) is 17.1 Å². The molecule has 53 heavy (non-hydrogen) atoms. The van der Waals surface area contributed by atoms with E-state index in [0.29, 0.717) is 35.5 Å². The van der Waals surface area contributed by atoms with Crippen LogP contribution in [0.1, 0.15) is 108 Å². The first-order chi connectivity index (χ1) is 25.3. The third-order valence-electron chi connectivity index (χ3n) is 10.2. The Labute approximate surface area is 307 Å². The highest BCUT2D eigenvalue weighted by molar-refractivity contribution is 5.92. The van der Waals surface area contributed by atoms with Gasteiger partial charge in [0, 0.05) is 29.5 Å². The summed E-state index contributed by atoms with van der Waals surface area (Å²) in [6.07, 6.45) is 5.60. The second kappa shape index (κ2) is 16.7. The van der Waals surface area contributed by atoms with E-state index in [0.717, 1.165) is 42.2 Å². The minimum atomic E-state index is -1.92. The number of nitrogens with one attached hydrogen (secondary N) is 2. The Bertz CT molecular complexity index is 1990. The maximum absolute atomic E-state index is 13.6. The number of ether oxygens (including phenoxy) is 2. The number of unbranched alkanes of at least 4 members (excludes halogenated alkanes) is 4. The molecule has 4 heterocycles. The van der Waals surface area contributed by atoms with Crippen LogP contribution in [0.2, 0.25) is 0 Å². The summed E-state index contributed by atoms with van der Waals surface area (Å²) in [6.45, 7) is 7.56. The minimum absolute atomic E-state index is 0.0467. The van der Waals surface area contributed by atoms with E-state index in [1.54, 1.807) is 42.7 Å². The van der Waals surface area contributed by atoms with Gasteiger partial charge in [-0.15, -0.1) is 0 Å². The zero-order valence-electron chi connectivity index (χ0n) is 30.8. The summed E-state index contributed by atoms with van der Waals surface area (Å²) in [5.74, 6) is -3.20. The molecule has 0 aliphatic carbocycles. The second-order valence-corrected chi connectivity index (χ2v) is 13.9. The molecule has 2 aliphatic heterocycles. The lowest BCUT2D eigenvalue weighted by atomic mass is 9.86. The average Bonchev–Trinajstić information content (AvgIpc) is 3.50. The van der Waals surface area contributed by atoms with E-state index < -0.39 is 41.3 Å². The van der Waals surface area contributed by atoms with Crippen molar-refractivity contribution in [3.05, 3.63) is 56.9 Å². The van der Waals surface area contributed by atoms with Crippen LogP contribution >= 0.6 is 0 Å². The van der Waals surface area contributed by atoms with Gasteiger partial charge in [0.15, 0.2) is 5.60 Å². The largest absolute Gasteiger partial charge is 0.458 e. The highest BCUT2D eigenvalue weighted by Gasteiger charge is 2.45. The fourth-order valence-corrected chi connectivity index (χ4v) is 7.04. The number of nitrogens with two attached hydrogens (primary N) is 1. The van der Waals surface area contributed by atoms with Gasteiger partial charge in [-0.3, -0.25) is 24.0 Å². The number of rotatable bonds is 17. The van der Waals surface area contributed by atoms with Gasteiger partial charge in [-0.05, 0) is 55.5 Å². The third-order valence-corrected chi connectivity index (χ3v) is 10.2. The fourth-order valence-electron chi connectivity index (χ4n) is 7.04. The van der Waals surface area contributed by atoms with Gasteiger partial charge < -0.3 is 35.5 Å². The van der Waals surface area contributed by atoms with E-state index in [-0.39, 0.29) is 68.0 Å². The predicted molar refractivity (Wildman–Crippen MR) is 195 cm³/mol. The normalized spacial score (nSPS) is 16.9. The Morgan fingerprint density at radius 2 is 1.83 bits per heavy atom. The first-order valence-electron chi connectivity index (χ1n) is 18.5. The smallest absolute Gasteiger partial charge is 0.343 e. The number of carbonyl (C=O) groups excluding carboxylic acids is 5. The van der Waals surface area contributed by atoms with E-state index >= 15 is 0 Å². The van der Waals surface area contributed by atoms with Crippen molar-refractivity contribution in [1.29, 1.82) is 0 Å². The Morgan fingerprint density at radius 3 is 2.53 bits per heavy atom. The Hall–Kier alpha value is -5.11. The van der Waals surface area contributed by atoms with Gasteiger partial charge in [0.05, 0.1) is 41.4 Å². The van der Waals surface area contributed by atoms with E-state index in [4.69, 9.17) is 20.2 Å². The molecule has 14 heteroatoms. The molecule has 3 amide bonds. The number of primary amides is 1. The third kappa shape index (κ3) is 8.27. The van der Waals surface area contributed by atoms with Crippen LogP contribution < -0.4 is 26.7 Å². The number of fused-ring (bicyclic) bond motifs is 5. The van der Waals surface area contributed by atoms with E-state index in [1.165, 1.54) is 0 Å². The molecule has 14 nitrogen and oxygen atoms in total. The van der Waals surface area contributed by atoms with Gasteiger partial charge in [0.25, 0.3) is 5.56 Å². The van der Waals surface area contributed by atoms with Crippen molar-refractivity contribution >= 4 is 40.6 Å². The Balaban J connectivity index is 1.24. The van der Waals surface area contributed by atoms with Crippen molar-refractivity contribution in [3.63, 3.8) is 0 Å². The van der Waals surface area contributed by atoms with E-state index in [9.17, 15) is 33.9 Å². The first kappa shape index (κ1) is 39.1. The van der Waals surface area contributed by atoms with Crippen LogP contribution in [0.15, 0.2) is 29.1 Å². The van der Waals surface area contributed by atoms with Gasteiger partial charge in [-0.1, -0.05) is 53.4 Å². The van der Waals surface area contributed by atoms with E-state index in [1.807, 2.05) is 6.92 Å². The molecule has 1 aromatic carbocycles. The standard InChI is InChI=1S/C39H49N5O9/c1-5-8-9-10-11-12-33(46)42-30(19-32(40)45)35(47)41-16-15-22(4)37(49)53-23-13-14-29-25(17-23)24(6-2)26-20-44-31(34(26)43-29)18-28-27(36(44)48)21-52-38(50)39(28,51)7-3/h13-14,17-18,22,30,51H,5-12,15-16,19-21H2,1-4H3,(H2,40,45)(H,41,47)(H,42,46)/t22-,30-,39+/m1/s1. The van der Waals surface area contributed by atoms with Gasteiger partial charge >= 0.3 is 11.9 Å². The number of benzene rings is 1. The molecule has 0 radical (unpaired) electrons. The molecule has 5 N–H and O–H groups in total. The molecule has 2 aromatic heterocycles. The zero-order chi connectivity index (χ0) is 38.4. The Kier molecular flexibility index (Phi) is 12.3. The quantitative estimate of drug-likeness (QED) is 0.0707. The molecule has 0 unspecified atom stereocenters. The molecule has 3 atom stereocenters. The van der Waals surface area contributed by atoms with Gasteiger partial charge in [0.1, 0.15) is 18.4 Å².